The average molecular weight is 238 g/mol. The van der Waals surface area contributed by atoms with Crippen molar-refractivity contribution in [2.45, 2.75) is 44.1 Å². The van der Waals surface area contributed by atoms with Crippen LogP contribution in [0, 0.1) is 5.82 Å². The highest BCUT2D eigenvalue weighted by molar-refractivity contribution is 5.32. The Morgan fingerprint density at radius 2 is 2.00 bits per heavy atom. The molecule has 1 aromatic carbocycles. The first kappa shape index (κ1) is 12.4. The van der Waals surface area contributed by atoms with Crippen LogP contribution in [0.5, 0.6) is 5.75 Å². The monoisotopic (exact) mass is 238 g/mol. The largest absolute Gasteiger partial charge is 0.494 e. The lowest BCUT2D eigenvalue weighted by atomic mass is 9.80. The number of benzene rings is 1. The normalized spacial score (nSPS) is 19.0. The van der Waals surface area contributed by atoms with E-state index < -0.39 is 5.60 Å². The molecular weight excluding hydrogens is 219 g/mol. The predicted octanol–water partition coefficient (Wildman–Crippen LogP) is 3.07. The molecule has 2 rings (SSSR count). The Morgan fingerprint density at radius 1 is 1.29 bits per heavy atom. The second-order valence-corrected chi connectivity index (χ2v) is 4.90. The van der Waals surface area contributed by atoms with Gasteiger partial charge in [0.15, 0.2) is 11.6 Å². The minimum atomic E-state index is -0.731. The number of methoxy groups -OCH3 is 1. The number of hydrogen-bond acceptors (Lipinski definition) is 2. The first-order chi connectivity index (χ1) is 8.14. The van der Waals surface area contributed by atoms with E-state index in [1.807, 2.05) is 0 Å². The van der Waals surface area contributed by atoms with Crippen molar-refractivity contribution in [3.05, 3.63) is 29.6 Å². The average Bonchev–Trinajstić information content (AvgIpc) is 2.32. The molecule has 0 spiro atoms. The van der Waals surface area contributed by atoms with Crippen molar-refractivity contribution < 1.29 is 14.2 Å². The highest BCUT2D eigenvalue weighted by Crippen LogP contribution is 2.33. The zero-order valence-corrected chi connectivity index (χ0v) is 10.2. The molecule has 0 heterocycles. The quantitative estimate of drug-likeness (QED) is 0.877. The van der Waals surface area contributed by atoms with Crippen LogP contribution in [0.1, 0.15) is 37.7 Å². The van der Waals surface area contributed by atoms with Crippen molar-refractivity contribution in [2.75, 3.05) is 7.11 Å². The molecule has 0 aliphatic heterocycles. The smallest absolute Gasteiger partial charge is 0.168 e. The third kappa shape index (κ3) is 2.78. The van der Waals surface area contributed by atoms with E-state index >= 15 is 0 Å². The summed E-state index contributed by atoms with van der Waals surface area (Å²) < 4.78 is 18.9. The first-order valence-corrected chi connectivity index (χ1v) is 6.18. The molecule has 0 atom stereocenters. The van der Waals surface area contributed by atoms with Crippen LogP contribution in [-0.2, 0) is 6.42 Å². The summed E-state index contributed by atoms with van der Waals surface area (Å²) in [5.41, 5.74) is -0.181. The van der Waals surface area contributed by atoms with Gasteiger partial charge in [-0.2, -0.15) is 0 Å². The van der Waals surface area contributed by atoms with Crippen LogP contribution in [0.4, 0.5) is 4.39 Å². The second-order valence-electron chi connectivity index (χ2n) is 4.90. The van der Waals surface area contributed by atoms with Gasteiger partial charge in [0.05, 0.1) is 12.7 Å². The summed E-state index contributed by atoms with van der Waals surface area (Å²) >= 11 is 0. The first-order valence-electron chi connectivity index (χ1n) is 6.18. The van der Waals surface area contributed by atoms with E-state index in [2.05, 4.69) is 0 Å². The molecule has 2 nitrogen and oxygen atoms in total. The van der Waals surface area contributed by atoms with Gasteiger partial charge in [0.2, 0.25) is 0 Å². The molecule has 0 bridgehead atoms. The van der Waals surface area contributed by atoms with Crippen molar-refractivity contribution in [3.63, 3.8) is 0 Å². The molecule has 0 unspecified atom stereocenters. The Labute approximate surface area is 101 Å². The Bertz CT molecular complexity index is 384. The zero-order chi connectivity index (χ0) is 12.3. The fourth-order valence-electron chi connectivity index (χ4n) is 2.59. The van der Waals surface area contributed by atoms with Crippen LogP contribution in [0.3, 0.4) is 0 Å². The molecule has 1 fully saturated rings. The fraction of sp³-hybridized carbons (Fsp3) is 0.571. The number of halogens is 1. The SMILES string of the molecule is COc1cccc(CC2(O)CCCCC2)c1F. The second kappa shape index (κ2) is 5.05. The molecule has 17 heavy (non-hydrogen) atoms. The Kier molecular flexibility index (Phi) is 3.67. The van der Waals surface area contributed by atoms with E-state index in [9.17, 15) is 9.50 Å². The van der Waals surface area contributed by atoms with Crippen LogP contribution in [-0.4, -0.2) is 17.8 Å². The van der Waals surface area contributed by atoms with Gasteiger partial charge >= 0.3 is 0 Å². The van der Waals surface area contributed by atoms with Crippen LogP contribution in [0.25, 0.3) is 0 Å². The van der Waals surface area contributed by atoms with Crippen molar-refractivity contribution in [2.24, 2.45) is 0 Å². The number of rotatable bonds is 3. The maximum absolute atomic E-state index is 14.0. The summed E-state index contributed by atoms with van der Waals surface area (Å²) in [4.78, 5) is 0. The lowest BCUT2D eigenvalue weighted by Gasteiger charge is -2.32. The highest BCUT2D eigenvalue weighted by Gasteiger charge is 2.30. The van der Waals surface area contributed by atoms with E-state index in [1.165, 1.54) is 13.5 Å². The zero-order valence-electron chi connectivity index (χ0n) is 10.2. The molecule has 3 heteroatoms. The number of ether oxygens (including phenoxy) is 1. The maximum Gasteiger partial charge on any atom is 0.168 e. The molecule has 1 aromatic rings. The predicted molar refractivity (Wildman–Crippen MR) is 64.7 cm³/mol. The van der Waals surface area contributed by atoms with E-state index in [4.69, 9.17) is 4.74 Å². The molecule has 0 radical (unpaired) electrons. The molecule has 0 aromatic heterocycles. The number of hydrogen-bond donors (Lipinski definition) is 1. The lowest BCUT2D eigenvalue weighted by molar-refractivity contribution is 0.00373. The van der Waals surface area contributed by atoms with Crippen LogP contribution >= 0.6 is 0 Å². The highest BCUT2D eigenvalue weighted by atomic mass is 19.1. The molecule has 0 amide bonds. The minimum absolute atomic E-state index is 0.252. The van der Waals surface area contributed by atoms with Crippen LogP contribution in [0.2, 0.25) is 0 Å². The van der Waals surface area contributed by atoms with Crippen molar-refractivity contribution in [1.82, 2.24) is 0 Å². The van der Waals surface area contributed by atoms with E-state index in [0.29, 0.717) is 12.0 Å². The van der Waals surface area contributed by atoms with E-state index in [0.717, 1.165) is 25.7 Å². The van der Waals surface area contributed by atoms with E-state index in [-0.39, 0.29) is 11.6 Å². The summed E-state index contributed by atoms with van der Waals surface area (Å²) in [5.74, 6) is -0.0871. The molecule has 1 N–H and O–H groups in total. The summed E-state index contributed by atoms with van der Waals surface area (Å²) in [6.07, 6.45) is 5.15. The number of aliphatic hydroxyl groups is 1. The topological polar surface area (TPSA) is 29.5 Å². The fourth-order valence-corrected chi connectivity index (χ4v) is 2.59. The molecular formula is C14H19FO2. The van der Waals surface area contributed by atoms with Gasteiger partial charge in [-0.15, -0.1) is 0 Å². The summed E-state index contributed by atoms with van der Waals surface area (Å²) in [7, 11) is 1.46. The van der Waals surface area contributed by atoms with Gasteiger partial charge in [-0.05, 0) is 24.5 Å². The lowest BCUT2D eigenvalue weighted by Crippen LogP contribution is -2.34. The Hall–Kier alpha value is -1.09. The van der Waals surface area contributed by atoms with Crippen molar-refractivity contribution in [1.29, 1.82) is 0 Å². The molecule has 94 valence electrons. The maximum atomic E-state index is 14.0. The summed E-state index contributed by atoms with van der Waals surface area (Å²) in [6.45, 7) is 0. The molecule has 1 aliphatic rings. The summed E-state index contributed by atoms with van der Waals surface area (Å²) in [5, 5.41) is 10.4. The van der Waals surface area contributed by atoms with Crippen LogP contribution < -0.4 is 4.74 Å². The standard InChI is InChI=1S/C14H19FO2/c1-17-12-7-5-6-11(13(12)15)10-14(16)8-3-2-4-9-14/h5-7,16H,2-4,8-10H2,1H3. The van der Waals surface area contributed by atoms with Crippen molar-refractivity contribution >= 4 is 0 Å². The van der Waals surface area contributed by atoms with E-state index in [1.54, 1.807) is 18.2 Å². The minimum Gasteiger partial charge on any atom is -0.494 e. The van der Waals surface area contributed by atoms with Gasteiger partial charge in [0.25, 0.3) is 0 Å². The van der Waals surface area contributed by atoms with Gasteiger partial charge < -0.3 is 9.84 Å². The Morgan fingerprint density at radius 3 is 2.65 bits per heavy atom. The molecule has 1 aliphatic carbocycles. The van der Waals surface area contributed by atoms with Gasteiger partial charge in [0, 0.05) is 6.42 Å². The third-order valence-corrected chi connectivity index (χ3v) is 3.57. The summed E-state index contributed by atoms with van der Waals surface area (Å²) in [6, 6.07) is 5.09. The van der Waals surface area contributed by atoms with Gasteiger partial charge in [-0.1, -0.05) is 31.4 Å². The van der Waals surface area contributed by atoms with Crippen molar-refractivity contribution in [3.8, 4) is 5.75 Å². The third-order valence-electron chi connectivity index (χ3n) is 3.57. The van der Waals surface area contributed by atoms with Gasteiger partial charge in [0.1, 0.15) is 0 Å². The van der Waals surface area contributed by atoms with Crippen LogP contribution in [0.15, 0.2) is 18.2 Å². The Balaban J connectivity index is 2.17. The van der Waals surface area contributed by atoms with Gasteiger partial charge in [-0.25, -0.2) is 4.39 Å². The van der Waals surface area contributed by atoms with Gasteiger partial charge in [-0.3, -0.25) is 0 Å². The molecule has 0 saturated heterocycles. The molecule has 1 saturated carbocycles.